The normalized spacial score (nSPS) is 11.6. The zero-order valence-corrected chi connectivity index (χ0v) is 14.8. The maximum Gasteiger partial charge on any atom is 0.180 e. The van der Waals surface area contributed by atoms with Gasteiger partial charge in [0.2, 0.25) is 0 Å². The molecule has 120 valence electrons. The van der Waals surface area contributed by atoms with Crippen molar-refractivity contribution in [1.29, 1.82) is 0 Å². The Hall–Kier alpha value is -1.54. The third kappa shape index (κ3) is 4.23. The molecule has 0 radical (unpaired) electrons. The smallest absolute Gasteiger partial charge is 0.180 e. The molecule has 6 nitrogen and oxygen atoms in total. The van der Waals surface area contributed by atoms with Crippen LogP contribution in [0.3, 0.4) is 0 Å². The molecule has 0 fully saturated rings. The minimum absolute atomic E-state index is 0.138. The fraction of sp³-hybridized carbons (Fsp3) is 0.500. The van der Waals surface area contributed by atoms with Crippen molar-refractivity contribution >= 4 is 27.0 Å². The molecule has 2 heterocycles. The van der Waals surface area contributed by atoms with E-state index in [0.717, 1.165) is 29.8 Å². The van der Waals surface area contributed by atoms with Crippen molar-refractivity contribution in [2.24, 2.45) is 0 Å². The lowest BCUT2D eigenvalue weighted by atomic mass is 10.3. The summed E-state index contributed by atoms with van der Waals surface area (Å²) in [7, 11) is -3.34. The van der Waals surface area contributed by atoms with Gasteiger partial charge < -0.3 is 5.32 Å². The van der Waals surface area contributed by atoms with Gasteiger partial charge in [0.05, 0.1) is 16.9 Å². The van der Waals surface area contributed by atoms with Crippen LogP contribution in [0.1, 0.15) is 27.8 Å². The van der Waals surface area contributed by atoms with Crippen molar-refractivity contribution in [2.75, 3.05) is 18.1 Å². The van der Waals surface area contributed by atoms with Gasteiger partial charge in [0.1, 0.15) is 16.5 Å². The number of aromatic nitrogens is 3. The fourth-order valence-corrected chi connectivity index (χ4v) is 3.64. The van der Waals surface area contributed by atoms with E-state index in [1.54, 1.807) is 18.3 Å². The van der Waals surface area contributed by atoms with E-state index in [9.17, 15) is 8.42 Å². The van der Waals surface area contributed by atoms with Crippen LogP contribution in [-0.2, 0) is 16.3 Å². The lowest BCUT2D eigenvalue weighted by molar-refractivity contribution is 0.601. The van der Waals surface area contributed by atoms with E-state index in [-0.39, 0.29) is 4.90 Å². The summed E-state index contributed by atoms with van der Waals surface area (Å²) in [6.45, 7) is 6.45. The second-order valence-electron chi connectivity index (χ2n) is 5.18. The van der Waals surface area contributed by atoms with E-state index in [4.69, 9.17) is 0 Å². The Balaban J connectivity index is 1.98. The van der Waals surface area contributed by atoms with Crippen molar-refractivity contribution in [3.63, 3.8) is 0 Å². The highest BCUT2D eigenvalue weighted by Crippen LogP contribution is 2.19. The predicted molar refractivity (Wildman–Crippen MR) is 88.3 cm³/mol. The molecule has 0 aliphatic rings. The quantitative estimate of drug-likeness (QED) is 0.812. The van der Waals surface area contributed by atoms with Crippen molar-refractivity contribution in [3.8, 4) is 0 Å². The number of thiazole rings is 1. The Morgan fingerprint density at radius 2 is 1.95 bits per heavy atom. The van der Waals surface area contributed by atoms with Gasteiger partial charge in [-0.05, 0) is 27.2 Å². The Kier molecular flexibility index (Phi) is 5.12. The molecule has 0 aliphatic carbocycles. The van der Waals surface area contributed by atoms with Crippen LogP contribution in [0.2, 0.25) is 0 Å². The molecule has 0 saturated heterocycles. The van der Waals surface area contributed by atoms with E-state index < -0.39 is 9.84 Å². The molecule has 0 unspecified atom stereocenters. The first-order valence-corrected chi connectivity index (χ1v) is 9.68. The number of hydrogen-bond acceptors (Lipinski definition) is 7. The number of hydrogen-bond donors (Lipinski definition) is 1. The minimum atomic E-state index is -3.34. The van der Waals surface area contributed by atoms with Gasteiger partial charge in [-0.25, -0.2) is 23.4 Å². The molecular formula is C14H20N4O2S2. The van der Waals surface area contributed by atoms with E-state index >= 15 is 0 Å². The number of sulfone groups is 1. The molecule has 2 rings (SSSR count). The van der Waals surface area contributed by atoms with Gasteiger partial charge in [-0.2, -0.15) is 0 Å². The average Bonchev–Trinajstić information content (AvgIpc) is 2.72. The van der Waals surface area contributed by atoms with Crippen molar-refractivity contribution < 1.29 is 8.42 Å². The van der Waals surface area contributed by atoms with E-state index in [2.05, 4.69) is 27.2 Å². The second kappa shape index (κ2) is 6.70. The first kappa shape index (κ1) is 16.8. The van der Waals surface area contributed by atoms with Crippen LogP contribution in [-0.4, -0.2) is 36.2 Å². The number of nitrogens with one attached hydrogen (secondary N) is 1. The van der Waals surface area contributed by atoms with E-state index in [1.807, 2.05) is 6.92 Å². The molecule has 0 saturated carbocycles. The van der Waals surface area contributed by atoms with Gasteiger partial charge in [-0.1, -0.05) is 0 Å². The molecule has 0 bridgehead atoms. The molecule has 0 aromatic carbocycles. The summed E-state index contributed by atoms with van der Waals surface area (Å²) in [5, 5.41) is 4.21. The molecule has 0 spiro atoms. The zero-order valence-electron chi connectivity index (χ0n) is 13.2. The second-order valence-corrected chi connectivity index (χ2v) is 8.45. The summed E-state index contributed by atoms with van der Waals surface area (Å²) in [4.78, 5) is 14.0. The molecule has 0 amide bonds. The number of anilines is 1. The Morgan fingerprint density at radius 1 is 1.23 bits per heavy atom. The van der Waals surface area contributed by atoms with Gasteiger partial charge in [0.25, 0.3) is 0 Å². The Morgan fingerprint density at radius 3 is 2.55 bits per heavy atom. The summed E-state index contributed by atoms with van der Waals surface area (Å²) in [5.74, 6) is 0.919. The highest BCUT2D eigenvalue weighted by atomic mass is 32.2. The van der Waals surface area contributed by atoms with Gasteiger partial charge in [-0.15, -0.1) is 11.3 Å². The highest BCUT2D eigenvalue weighted by Gasteiger charge is 2.15. The summed E-state index contributed by atoms with van der Waals surface area (Å²) in [6, 6.07) is 0. The lowest BCUT2D eigenvalue weighted by Gasteiger charge is -2.09. The zero-order chi connectivity index (χ0) is 16.3. The molecule has 2 aromatic rings. The Labute approximate surface area is 135 Å². The molecule has 1 N–H and O–H groups in total. The highest BCUT2D eigenvalue weighted by molar-refractivity contribution is 7.90. The Bertz CT molecular complexity index is 750. The number of nitrogens with zero attached hydrogens (tertiary/aromatic N) is 3. The van der Waals surface area contributed by atoms with Crippen LogP contribution in [0, 0.1) is 20.8 Å². The third-order valence-corrected chi connectivity index (χ3v) is 5.44. The molecule has 2 aromatic heterocycles. The van der Waals surface area contributed by atoms with Crippen LogP contribution < -0.4 is 5.32 Å². The van der Waals surface area contributed by atoms with Crippen molar-refractivity contribution in [2.45, 2.75) is 38.5 Å². The summed E-state index contributed by atoms with van der Waals surface area (Å²) in [5.41, 5.74) is 1.08. The topological polar surface area (TPSA) is 84.8 Å². The largest absolute Gasteiger partial charge is 0.369 e. The van der Waals surface area contributed by atoms with Gasteiger partial charge in [0, 0.05) is 24.1 Å². The van der Waals surface area contributed by atoms with Crippen LogP contribution in [0.5, 0.6) is 0 Å². The van der Waals surface area contributed by atoms with Gasteiger partial charge in [-0.3, -0.25) is 0 Å². The standard InChI is InChI=1S/C14H20N4O2S2/c1-9-10(2)21-13(17-9)6-5-7-15-14-12(22(4,19)20)8-16-11(3)18-14/h8H,5-7H2,1-4H3,(H,15,16,18). The fourth-order valence-electron chi connectivity index (χ4n) is 1.95. The number of aryl methyl sites for hydroxylation is 4. The third-order valence-electron chi connectivity index (χ3n) is 3.21. The first-order chi connectivity index (χ1) is 10.3. The number of rotatable bonds is 6. The maximum atomic E-state index is 11.7. The monoisotopic (exact) mass is 340 g/mol. The van der Waals surface area contributed by atoms with E-state index in [1.165, 1.54) is 11.1 Å². The maximum absolute atomic E-state index is 11.7. The van der Waals surface area contributed by atoms with Crippen LogP contribution in [0.4, 0.5) is 5.82 Å². The minimum Gasteiger partial charge on any atom is -0.369 e. The first-order valence-electron chi connectivity index (χ1n) is 6.98. The molecule has 0 aliphatic heterocycles. The van der Waals surface area contributed by atoms with Crippen LogP contribution in [0.15, 0.2) is 11.1 Å². The van der Waals surface area contributed by atoms with Crippen LogP contribution >= 0.6 is 11.3 Å². The SMILES string of the molecule is Cc1ncc(S(C)(=O)=O)c(NCCCc2nc(C)c(C)s2)n1. The molecule has 0 atom stereocenters. The molecular weight excluding hydrogens is 320 g/mol. The summed E-state index contributed by atoms with van der Waals surface area (Å²) >= 11 is 1.71. The summed E-state index contributed by atoms with van der Waals surface area (Å²) in [6.07, 6.45) is 4.24. The summed E-state index contributed by atoms with van der Waals surface area (Å²) < 4.78 is 23.5. The molecule has 22 heavy (non-hydrogen) atoms. The molecule has 8 heteroatoms. The predicted octanol–water partition coefficient (Wildman–Crippen LogP) is 2.31. The van der Waals surface area contributed by atoms with Gasteiger partial charge >= 0.3 is 0 Å². The van der Waals surface area contributed by atoms with Crippen molar-refractivity contribution in [3.05, 3.63) is 27.6 Å². The lowest BCUT2D eigenvalue weighted by Crippen LogP contribution is -2.11. The van der Waals surface area contributed by atoms with Crippen LogP contribution in [0.25, 0.3) is 0 Å². The van der Waals surface area contributed by atoms with E-state index in [0.29, 0.717) is 18.2 Å². The van der Waals surface area contributed by atoms with Gasteiger partial charge in [0.15, 0.2) is 9.84 Å². The average molecular weight is 340 g/mol. The van der Waals surface area contributed by atoms with Crippen molar-refractivity contribution in [1.82, 2.24) is 15.0 Å².